The first-order valence-corrected chi connectivity index (χ1v) is 7.83. The average molecular weight is 276 g/mol. The van der Waals surface area contributed by atoms with E-state index < -0.39 is 6.72 Å². The second kappa shape index (κ2) is 5.40. The Morgan fingerprint density at radius 2 is 1.88 bits per heavy atom. The highest BCUT2D eigenvalue weighted by Crippen LogP contribution is 2.43. The highest BCUT2D eigenvalue weighted by atomic mass is 32.5. The number of nitrogens with zero attached hydrogens (tertiary/aromatic N) is 2. The Morgan fingerprint density at radius 3 is 2.29 bits per heavy atom. The van der Waals surface area contributed by atoms with Gasteiger partial charge in [-0.25, -0.2) is 9.97 Å². The quantitative estimate of drug-likeness (QED) is 0.852. The molecule has 1 unspecified atom stereocenters. The molecule has 0 fully saturated rings. The third-order valence-electron chi connectivity index (χ3n) is 1.81. The van der Waals surface area contributed by atoms with Gasteiger partial charge >= 0.3 is 6.72 Å². The van der Waals surface area contributed by atoms with E-state index in [1.165, 1.54) is 12.4 Å². The number of hydrogen-bond donors (Lipinski definition) is 1. The number of aromatic nitrogens is 2. The molecule has 1 heterocycles. The van der Waals surface area contributed by atoms with Gasteiger partial charge in [-0.05, 0) is 6.92 Å². The van der Waals surface area contributed by atoms with E-state index in [1.807, 2.05) is 20.8 Å². The zero-order valence-corrected chi connectivity index (χ0v) is 12.1. The van der Waals surface area contributed by atoms with E-state index in [0.29, 0.717) is 18.2 Å². The van der Waals surface area contributed by atoms with Gasteiger partial charge < -0.3 is 9.42 Å². The molecular formula is C10H17N2O3PS. The van der Waals surface area contributed by atoms with Gasteiger partial charge in [0, 0.05) is 17.2 Å². The van der Waals surface area contributed by atoms with Gasteiger partial charge in [-0.15, -0.1) is 0 Å². The largest absolute Gasteiger partial charge is 0.421 e. The van der Waals surface area contributed by atoms with Crippen molar-refractivity contribution in [3.8, 4) is 5.75 Å². The zero-order chi connectivity index (χ0) is 13.1. The maximum atomic E-state index is 9.62. The topological polar surface area (TPSA) is 64.5 Å². The van der Waals surface area contributed by atoms with Gasteiger partial charge in [0.2, 0.25) is 0 Å². The van der Waals surface area contributed by atoms with Crippen molar-refractivity contribution in [3.63, 3.8) is 0 Å². The smallest absolute Gasteiger partial charge is 0.378 e. The van der Waals surface area contributed by atoms with Crippen LogP contribution in [0.4, 0.5) is 0 Å². The van der Waals surface area contributed by atoms with Crippen LogP contribution in [0.5, 0.6) is 5.75 Å². The fourth-order valence-electron chi connectivity index (χ4n) is 1.07. The van der Waals surface area contributed by atoms with Crippen LogP contribution in [0.2, 0.25) is 0 Å². The fourth-order valence-corrected chi connectivity index (χ4v) is 2.39. The van der Waals surface area contributed by atoms with Gasteiger partial charge in [0.15, 0.2) is 5.75 Å². The molecule has 5 nitrogen and oxygen atoms in total. The Bertz CT molecular complexity index is 417. The first kappa shape index (κ1) is 14.5. The maximum Gasteiger partial charge on any atom is 0.378 e. The predicted octanol–water partition coefficient (Wildman–Crippen LogP) is 2.41. The Labute approximate surface area is 106 Å². The summed E-state index contributed by atoms with van der Waals surface area (Å²) >= 11 is 4.80. The van der Waals surface area contributed by atoms with Crippen molar-refractivity contribution in [2.45, 2.75) is 33.1 Å². The van der Waals surface area contributed by atoms with Crippen LogP contribution in [-0.2, 0) is 21.7 Å². The molecule has 0 saturated carbocycles. The third kappa shape index (κ3) is 4.68. The molecule has 1 rings (SSSR count). The normalized spacial score (nSPS) is 15.4. The van der Waals surface area contributed by atoms with Crippen LogP contribution < -0.4 is 4.52 Å². The lowest BCUT2D eigenvalue weighted by molar-refractivity contribution is 0.270. The van der Waals surface area contributed by atoms with E-state index in [4.69, 9.17) is 20.9 Å². The van der Waals surface area contributed by atoms with Crippen LogP contribution in [0.25, 0.3) is 0 Å². The van der Waals surface area contributed by atoms with Crippen molar-refractivity contribution in [3.05, 3.63) is 18.2 Å². The molecule has 0 saturated heterocycles. The van der Waals surface area contributed by atoms with Crippen molar-refractivity contribution in [1.29, 1.82) is 0 Å². The van der Waals surface area contributed by atoms with Crippen molar-refractivity contribution in [2.75, 3.05) is 6.61 Å². The van der Waals surface area contributed by atoms with Gasteiger partial charge in [0.05, 0.1) is 19.0 Å². The van der Waals surface area contributed by atoms with Crippen LogP contribution in [0.1, 0.15) is 33.5 Å². The molecule has 1 aromatic heterocycles. The highest BCUT2D eigenvalue weighted by Gasteiger charge is 2.19. The van der Waals surface area contributed by atoms with Crippen molar-refractivity contribution >= 4 is 18.5 Å². The molecule has 1 aromatic rings. The molecule has 0 aromatic carbocycles. The van der Waals surface area contributed by atoms with Crippen LogP contribution in [-0.4, -0.2) is 21.5 Å². The SMILES string of the molecule is CCOP(O)(=S)Oc1cnc(C(C)(C)C)nc1. The lowest BCUT2D eigenvalue weighted by atomic mass is 9.96. The molecule has 0 bridgehead atoms. The van der Waals surface area contributed by atoms with Gasteiger partial charge in [0.25, 0.3) is 0 Å². The molecule has 17 heavy (non-hydrogen) atoms. The molecule has 0 spiro atoms. The first-order valence-electron chi connectivity index (χ1n) is 5.24. The van der Waals surface area contributed by atoms with Gasteiger partial charge in [0.1, 0.15) is 5.82 Å². The Hall–Kier alpha value is -0.550. The molecule has 0 aliphatic heterocycles. The average Bonchev–Trinajstić information content (AvgIpc) is 2.16. The standard InChI is InChI=1S/C10H17N2O3PS/c1-5-14-16(13,17)15-8-6-11-9(12-7-8)10(2,3)4/h6-7H,5H2,1-4H3,(H,13,17). The second-order valence-corrected chi connectivity index (χ2v) is 7.23. The first-order chi connectivity index (χ1) is 7.74. The van der Waals surface area contributed by atoms with Crippen LogP contribution >= 0.6 is 6.72 Å². The lowest BCUT2D eigenvalue weighted by Crippen LogP contribution is -2.15. The molecule has 0 aliphatic rings. The molecule has 0 aliphatic carbocycles. The zero-order valence-electron chi connectivity index (χ0n) is 10.4. The molecule has 0 amide bonds. The van der Waals surface area contributed by atoms with Gasteiger partial charge in [-0.1, -0.05) is 20.8 Å². The molecular weight excluding hydrogens is 259 g/mol. The summed E-state index contributed by atoms with van der Waals surface area (Å²) in [5.41, 5.74) is -0.127. The molecule has 1 atom stereocenters. The molecule has 96 valence electrons. The number of rotatable bonds is 4. The summed E-state index contributed by atoms with van der Waals surface area (Å²) in [6.07, 6.45) is 2.98. The maximum absolute atomic E-state index is 9.62. The minimum atomic E-state index is -3.22. The summed E-state index contributed by atoms with van der Waals surface area (Å²) in [5.74, 6) is 1.02. The fraction of sp³-hybridized carbons (Fsp3) is 0.600. The van der Waals surface area contributed by atoms with E-state index in [1.54, 1.807) is 6.92 Å². The Balaban J connectivity index is 2.79. The number of hydrogen-bond acceptors (Lipinski definition) is 5. The predicted molar refractivity (Wildman–Crippen MR) is 69.5 cm³/mol. The third-order valence-corrected chi connectivity index (χ3v) is 3.38. The minimum absolute atomic E-state index is 0.127. The van der Waals surface area contributed by atoms with Crippen molar-refractivity contribution < 1.29 is 13.9 Å². The van der Waals surface area contributed by atoms with E-state index in [9.17, 15) is 4.89 Å². The van der Waals surface area contributed by atoms with E-state index >= 15 is 0 Å². The lowest BCUT2D eigenvalue weighted by Gasteiger charge is -2.18. The Morgan fingerprint density at radius 1 is 1.35 bits per heavy atom. The minimum Gasteiger partial charge on any atom is -0.421 e. The van der Waals surface area contributed by atoms with Crippen molar-refractivity contribution in [2.24, 2.45) is 0 Å². The summed E-state index contributed by atoms with van der Waals surface area (Å²) in [4.78, 5) is 17.9. The molecule has 1 N–H and O–H groups in total. The summed E-state index contributed by atoms with van der Waals surface area (Å²) in [6.45, 7) is 4.86. The monoisotopic (exact) mass is 276 g/mol. The van der Waals surface area contributed by atoms with Crippen LogP contribution in [0.3, 0.4) is 0 Å². The summed E-state index contributed by atoms with van der Waals surface area (Å²) in [6, 6.07) is 0. The van der Waals surface area contributed by atoms with Crippen LogP contribution in [0.15, 0.2) is 12.4 Å². The van der Waals surface area contributed by atoms with E-state index in [-0.39, 0.29) is 5.41 Å². The van der Waals surface area contributed by atoms with E-state index in [2.05, 4.69) is 9.97 Å². The summed E-state index contributed by atoms with van der Waals surface area (Å²) in [5, 5.41) is 0. The highest BCUT2D eigenvalue weighted by molar-refractivity contribution is 8.07. The summed E-state index contributed by atoms with van der Waals surface area (Å²) < 4.78 is 10.1. The second-order valence-electron chi connectivity index (χ2n) is 4.47. The van der Waals surface area contributed by atoms with Crippen LogP contribution in [0, 0.1) is 0 Å². The van der Waals surface area contributed by atoms with Gasteiger partial charge in [-0.2, -0.15) is 0 Å². The Kier molecular flexibility index (Phi) is 4.61. The summed E-state index contributed by atoms with van der Waals surface area (Å²) in [7, 11) is 0. The molecule has 7 heteroatoms. The van der Waals surface area contributed by atoms with E-state index in [0.717, 1.165) is 0 Å². The van der Waals surface area contributed by atoms with Gasteiger partial charge in [-0.3, -0.25) is 4.52 Å². The van der Waals surface area contributed by atoms with Crippen molar-refractivity contribution in [1.82, 2.24) is 9.97 Å². The molecule has 0 radical (unpaired) electrons.